The van der Waals surface area contributed by atoms with Gasteiger partial charge in [0.1, 0.15) is 17.1 Å². The zero-order valence-corrected chi connectivity index (χ0v) is 22.3. The number of nitrogens with one attached hydrogen (secondary N) is 1. The summed E-state index contributed by atoms with van der Waals surface area (Å²) in [5, 5.41) is 2.66. The van der Waals surface area contributed by atoms with Crippen molar-refractivity contribution in [1.82, 2.24) is 5.32 Å². The third-order valence-corrected chi connectivity index (χ3v) is 6.72. The van der Waals surface area contributed by atoms with E-state index in [0.29, 0.717) is 29.4 Å². The Morgan fingerprint density at radius 1 is 1.14 bits per heavy atom. The Balaban J connectivity index is 1.80. The zero-order chi connectivity index (χ0) is 26.2. The summed E-state index contributed by atoms with van der Waals surface area (Å²) in [5.74, 6) is 0.116. The van der Waals surface area contributed by atoms with E-state index in [0.717, 1.165) is 23.4 Å². The van der Waals surface area contributed by atoms with E-state index in [4.69, 9.17) is 21.7 Å². The van der Waals surface area contributed by atoms with Gasteiger partial charge in [-0.05, 0) is 76.7 Å². The fourth-order valence-electron chi connectivity index (χ4n) is 4.91. The predicted molar refractivity (Wildman–Crippen MR) is 148 cm³/mol. The van der Waals surface area contributed by atoms with Crippen molar-refractivity contribution in [3.05, 3.63) is 59.2 Å². The molecular formula is C28H31N3O4S. The molecule has 8 heteroatoms. The van der Waals surface area contributed by atoms with Crippen molar-refractivity contribution in [3.63, 3.8) is 0 Å². The molecule has 2 aliphatic heterocycles. The van der Waals surface area contributed by atoms with E-state index in [1.807, 2.05) is 19.1 Å². The number of carbonyl (C=O) groups is 2. The molecule has 1 fully saturated rings. The highest BCUT2D eigenvalue weighted by Crippen LogP contribution is 2.42. The van der Waals surface area contributed by atoms with Gasteiger partial charge in [0.25, 0.3) is 11.8 Å². The number of allylic oxidation sites excluding steroid dienone is 1. The minimum Gasteiger partial charge on any atom is -0.496 e. The van der Waals surface area contributed by atoms with E-state index in [1.54, 1.807) is 37.5 Å². The van der Waals surface area contributed by atoms with Gasteiger partial charge in [0.05, 0.1) is 24.9 Å². The number of benzene rings is 2. The van der Waals surface area contributed by atoms with E-state index in [1.165, 1.54) is 4.90 Å². The third kappa shape index (κ3) is 4.48. The zero-order valence-electron chi connectivity index (χ0n) is 21.5. The molecular weight excluding hydrogens is 474 g/mol. The highest BCUT2D eigenvalue weighted by Gasteiger charge is 2.36. The van der Waals surface area contributed by atoms with E-state index >= 15 is 0 Å². The van der Waals surface area contributed by atoms with Crippen LogP contribution < -0.4 is 24.6 Å². The molecule has 0 aromatic heterocycles. The molecule has 36 heavy (non-hydrogen) atoms. The number of thiocarbonyl (C=S) groups is 1. The van der Waals surface area contributed by atoms with Crippen LogP contribution in [0.4, 0.5) is 11.4 Å². The number of nitrogens with zero attached hydrogens (tertiary/aromatic N) is 2. The summed E-state index contributed by atoms with van der Waals surface area (Å²) in [4.78, 5) is 30.1. The van der Waals surface area contributed by atoms with Gasteiger partial charge in [-0.2, -0.15) is 0 Å². The number of carbonyl (C=O) groups excluding carboxylic acids is 2. The van der Waals surface area contributed by atoms with Gasteiger partial charge in [-0.1, -0.05) is 12.1 Å². The van der Waals surface area contributed by atoms with Gasteiger partial charge in [-0.25, -0.2) is 0 Å². The molecule has 0 spiro atoms. The molecule has 0 unspecified atom stereocenters. The maximum absolute atomic E-state index is 13.6. The number of hydrogen-bond donors (Lipinski definition) is 1. The number of methoxy groups -OCH3 is 1. The van der Waals surface area contributed by atoms with Crippen LogP contribution in [0.1, 0.15) is 45.7 Å². The van der Waals surface area contributed by atoms with Gasteiger partial charge in [0, 0.05) is 35.5 Å². The highest BCUT2D eigenvalue weighted by atomic mass is 32.1. The van der Waals surface area contributed by atoms with Crippen LogP contribution >= 0.6 is 12.2 Å². The number of fused-ring (bicyclic) bond motifs is 1. The van der Waals surface area contributed by atoms with Gasteiger partial charge < -0.3 is 14.4 Å². The van der Waals surface area contributed by atoms with Crippen LogP contribution in [0, 0.1) is 0 Å². The first-order valence-corrected chi connectivity index (χ1v) is 12.4. The summed E-state index contributed by atoms with van der Waals surface area (Å²) in [6.07, 6.45) is 3.80. The molecule has 0 atom stereocenters. The smallest absolute Gasteiger partial charge is 0.270 e. The largest absolute Gasteiger partial charge is 0.496 e. The van der Waals surface area contributed by atoms with Crippen LogP contribution in [0.2, 0.25) is 0 Å². The van der Waals surface area contributed by atoms with Crippen molar-refractivity contribution in [2.24, 2.45) is 0 Å². The van der Waals surface area contributed by atoms with Crippen molar-refractivity contribution in [1.29, 1.82) is 0 Å². The number of rotatable bonds is 6. The van der Waals surface area contributed by atoms with Crippen LogP contribution in [0.25, 0.3) is 11.6 Å². The molecule has 2 amide bonds. The fraction of sp³-hybridized carbons (Fsp3) is 0.321. The second kappa shape index (κ2) is 9.78. The van der Waals surface area contributed by atoms with Gasteiger partial charge in [-0.15, -0.1) is 0 Å². The van der Waals surface area contributed by atoms with E-state index < -0.39 is 11.8 Å². The standard InChI is InChI=1S/C28H31N3O4S/c1-7-30-23-15-24(34-6)18(12-21(23)17(3)16-28(30,4)5)13-22-25(32)29-27(36)31(26(22)33)19-10-9-11-20(14-19)35-8-2/h9-16H,7-8H2,1-6H3,(H,29,32,36)/b22-13-. The maximum Gasteiger partial charge on any atom is 0.270 e. The van der Waals surface area contributed by atoms with Gasteiger partial charge in [0.15, 0.2) is 5.11 Å². The summed E-state index contributed by atoms with van der Waals surface area (Å²) in [5.41, 5.74) is 4.17. The molecule has 2 aromatic carbocycles. The topological polar surface area (TPSA) is 71.1 Å². The summed E-state index contributed by atoms with van der Waals surface area (Å²) in [7, 11) is 1.58. The Kier molecular flexibility index (Phi) is 6.91. The van der Waals surface area contributed by atoms with Gasteiger partial charge in [-0.3, -0.25) is 19.8 Å². The molecule has 188 valence electrons. The van der Waals surface area contributed by atoms with Gasteiger partial charge >= 0.3 is 0 Å². The molecule has 2 aliphatic rings. The summed E-state index contributed by atoms with van der Waals surface area (Å²) >= 11 is 5.35. The third-order valence-electron chi connectivity index (χ3n) is 6.43. The lowest BCUT2D eigenvalue weighted by Crippen LogP contribution is -2.54. The van der Waals surface area contributed by atoms with Crippen LogP contribution in [0.15, 0.2) is 48.0 Å². The quantitative estimate of drug-likeness (QED) is 0.340. The molecule has 1 saturated heterocycles. The summed E-state index contributed by atoms with van der Waals surface area (Å²) in [6.45, 7) is 11.7. The normalized spacial score (nSPS) is 18.1. The minimum absolute atomic E-state index is 0.0211. The highest BCUT2D eigenvalue weighted by molar-refractivity contribution is 7.80. The molecule has 1 N–H and O–H groups in total. The summed E-state index contributed by atoms with van der Waals surface area (Å²) in [6, 6.07) is 11.0. The van der Waals surface area contributed by atoms with Crippen molar-refractivity contribution >= 4 is 52.2 Å². The molecule has 2 heterocycles. The first kappa shape index (κ1) is 25.4. The minimum atomic E-state index is -0.550. The Morgan fingerprint density at radius 2 is 1.89 bits per heavy atom. The van der Waals surface area contributed by atoms with Crippen LogP contribution in [-0.4, -0.2) is 42.7 Å². The van der Waals surface area contributed by atoms with Crippen molar-refractivity contribution in [2.45, 2.75) is 40.2 Å². The molecule has 0 bridgehead atoms. The SMILES string of the molecule is CCOc1cccc(N2C(=O)/C(=C\c3cc4c(cc3OC)N(CC)C(C)(C)C=C4C)C(=O)NC2=S)c1. The Labute approximate surface area is 217 Å². The molecule has 2 aromatic rings. The summed E-state index contributed by atoms with van der Waals surface area (Å²) < 4.78 is 11.3. The van der Waals surface area contributed by atoms with E-state index in [2.05, 4.69) is 44.0 Å². The molecule has 0 saturated carbocycles. The van der Waals surface area contributed by atoms with Crippen molar-refractivity contribution in [2.75, 3.05) is 30.1 Å². The number of likely N-dealkylation sites (N-methyl/N-ethyl adjacent to an activating group) is 1. The maximum atomic E-state index is 13.6. The average Bonchev–Trinajstić information content (AvgIpc) is 2.81. The number of anilines is 2. The van der Waals surface area contributed by atoms with Crippen molar-refractivity contribution < 1.29 is 19.1 Å². The Hall–Kier alpha value is -3.65. The number of amides is 2. The Bertz CT molecular complexity index is 1310. The second-order valence-corrected chi connectivity index (χ2v) is 9.61. The molecule has 0 radical (unpaired) electrons. The van der Waals surface area contributed by atoms with E-state index in [9.17, 15) is 9.59 Å². The lowest BCUT2D eigenvalue weighted by Gasteiger charge is -2.43. The van der Waals surface area contributed by atoms with Crippen LogP contribution in [0.5, 0.6) is 11.5 Å². The lowest BCUT2D eigenvalue weighted by molar-refractivity contribution is -0.122. The second-order valence-electron chi connectivity index (χ2n) is 9.22. The van der Waals surface area contributed by atoms with Gasteiger partial charge in [0.2, 0.25) is 0 Å². The number of ether oxygens (including phenoxy) is 2. The molecule has 7 nitrogen and oxygen atoms in total. The first-order chi connectivity index (χ1) is 17.1. The van der Waals surface area contributed by atoms with Crippen LogP contribution in [-0.2, 0) is 9.59 Å². The van der Waals surface area contributed by atoms with Crippen LogP contribution in [0.3, 0.4) is 0 Å². The molecule has 0 aliphatic carbocycles. The first-order valence-electron chi connectivity index (χ1n) is 11.9. The fourth-order valence-corrected chi connectivity index (χ4v) is 5.20. The Morgan fingerprint density at radius 3 is 2.56 bits per heavy atom. The number of hydrogen-bond acceptors (Lipinski definition) is 6. The predicted octanol–water partition coefficient (Wildman–Crippen LogP) is 4.95. The lowest BCUT2D eigenvalue weighted by atomic mass is 9.87. The molecule has 4 rings (SSSR count). The average molecular weight is 506 g/mol. The monoisotopic (exact) mass is 505 g/mol. The van der Waals surface area contributed by atoms with E-state index in [-0.39, 0.29) is 16.2 Å². The van der Waals surface area contributed by atoms with Crippen molar-refractivity contribution in [3.8, 4) is 11.5 Å².